The van der Waals surface area contributed by atoms with Crippen molar-refractivity contribution in [2.45, 2.75) is 31.9 Å². The van der Waals surface area contributed by atoms with Gasteiger partial charge in [-0.1, -0.05) is 18.2 Å². The quantitative estimate of drug-likeness (QED) is 0.851. The number of anilines is 2. The number of amides is 1. The standard InChI is InChI=1S/C21H25N3O3/c1-15(13-27-18-9-11-26-14-18)23-20-7-6-17(12-22-20)21(25)24-10-8-16-4-2-3-5-19(16)24/h2-7,12,15,18H,8-11,13-14H2,1H3,(H,22,23). The molecule has 2 aliphatic rings. The Balaban J connectivity index is 1.34. The number of fused-ring (bicyclic) bond motifs is 1. The summed E-state index contributed by atoms with van der Waals surface area (Å²) in [6.45, 7) is 4.84. The summed E-state index contributed by atoms with van der Waals surface area (Å²) in [4.78, 5) is 19.1. The molecule has 1 aromatic carbocycles. The number of pyridine rings is 1. The number of nitrogens with zero attached hydrogens (tertiary/aromatic N) is 2. The second kappa shape index (κ2) is 8.06. The number of carbonyl (C=O) groups excluding carboxylic acids is 1. The van der Waals surface area contributed by atoms with Gasteiger partial charge in [0.25, 0.3) is 5.91 Å². The van der Waals surface area contributed by atoms with Gasteiger partial charge in [0.2, 0.25) is 0 Å². The monoisotopic (exact) mass is 367 g/mol. The van der Waals surface area contributed by atoms with Crippen LogP contribution in [0.5, 0.6) is 0 Å². The Morgan fingerprint density at radius 3 is 3.04 bits per heavy atom. The summed E-state index contributed by atoms with van der Waals surface area (Å²) in [5.41, 5.74) is 2.83. The molecular formula is C21H25N3O3. The molecule has 2 unspecified atom stereocenters. The number of aromatic nitrogens is 1. The molecule has 4 rings (SSSR count). The van der Waals surface area contributed by atoms with Crippen LogP contribution in [0.3, 0.4) is 0 Å². The van der Waals surface area contributed by atoms with E-state index in [-0.39, 0.29) is 18.1 Å². The first-order chi connectivity index (χ1) is 13.2. The highest BCUT2D eigenvalue weighted by Gasteiger charge is 2.25. The average molecular weight is 367 g/mol. The number of ether oxygens (including phenoxy) is 2. The number of benzene rings is 1. The Labute approximate surface area is 159 Å². The molecule has 6 heteroatoms. The molecular weight excluding hydrogens is 342 g/mol. The topological polar surface area (TPSA) is 63.7 Å². The van der Waals surface area contributed by atoms with Gasteiger partial charge in [-0.25, -0.2) is 4.98 Å². The number of hydrogen-bond acceptors (Lipinski definition) is 5. The Kier molecular flexibility index (Phi) is 5.36. The summed E-state index contributed by atoms with van der Waals surface area (Å²) < 4.78 is 11.1. The van der Waals surface area contributed by atoms with E-state index in [1.54, 1.807) is 6.20 Å². The highest BCUT2D eigenvalue weighted by atomic mass is 16.5. The third-order valence-corrected chi connectivity index (χ3v) is 5.01. The Morgan fingerprint density at radius 2 is 2.26 bits per heavy atom. The summed E-state index contributed by atoms with van der Waals surface area (Å²) in [5, 5.41) is 3.32. The molecule has 2 aliphatic heterocycles. The van der Waals surface area contributed by atoms with E-state index < -0.39 is 0 Å². The maximum atomic E-state index is 12.8. The molecule has 1 fully saturated rings. The van der Waals surface area contributed by atoms with Crippen molar-refractivity contribution in [1.82, 2.24) is 4.98 Å². The van der Waals surface area contributed by atoms with E-state index >= 15 is 0 Å². The van der Waals surface area contributed by atoms with Crippen LogP contribution < -0.4 is 10.2 Å². The van der Waals surface area contributed by atoms with Crippen LogP contribution in [-0.4, -0.2) is 49.4 Å². The van der Waals surface area contributed by atoms with E-state index in [2.05, 4.69) is 23.3 Å². The Hall–Kier alpha value is -2.44. The maximum Gasteiger partial charge on any atom is 0.259 e. The zero-order valence-corrected chi connectivity index (χ0v) is 15.6. The number of hydrogen-bond donors (Lipinski definition) is 1. The van der Waals surface area contributed by atoms with Crippen LogP contribution >= 0.6 is 0 Å². The number of nitrogens with one attached hydrogen (secondary N) is 1. The fraction of sp³-hybridized carbons (Fsp3) is 0.429. The summed E-state index contributed by atoms with van der Waals surface area (Å²) in [6, 6.07) is 11.9. The minimum Gasteiger partial charge on any atom is -0.379 e. The molecule has 1 saturated heterocycles. The lowest BCUT2D eigenvalue weighted by atomic mass is 10.2. The van der Waals surface area contributed by atoms with Gasteiger partial charge < -0.3 is 19.7 Å². The molecule has 1 N–H and O–H groups in total. The van der Waals surface area contributed by atoms with Gasteiger partial charge in [-0.3, -0.25) is 4.79 Å². The normalized spacial score (nSPS) is 19.7. The van der Waals surface area contributed by atoms with Crippen LogP contribution in [0.2, 0.25) is 0 Å². The third-order valence-electron chi connectivity index (χ3n) is 5.01. The fourth-order valence-electron chi connectivity index (χ4n) is 3.53. The van der Waals surface area contributed by atoms with Gasteiger partial charge in [0, 0.05) is 31.1 Å². The van der Waals surface area contributed by atoms with Crippen LogP contribution in [0.25, 0.3) is 0 Å². The van der Waals surface area contributed by atoms with Crippen LogP contribution in [0.1, 0.15) is 29.3 Å². The first-order valence-corrected chi connectivity index (χ1v) is 9.52. The SMILES string of the molecule is CC(COC1CCOC1)Nc1ccc(C(=O)N2CCc3ccccc32)cn1. The molecule has 0 aliphatic carbocycles. The second-order valence-electron chi connectivity index (χ2n) is 7.13. The van der Waals surface area contributed by atoms with Crippen molar-refractivity contribution in [2.24, 2.45) is 0 Å². The van der Waals surface area contributed by atoms with E-state index in [1.165, 1.54) is 5.56 Å². The summed E-state index contributed by atoms with van der Waals surface area (Å²) >= 11 is 0. The predicted octanol–water partition coefficient (Wildman–Crippen LogP) is 2.89. The van der Waals surface area contributed by atoms with Gasteiger partial charge in [-0.15, -0.1) is 0 Å². The van der Waals surface area contributed by atoms with Gasteiger partial charge in [0.1, 0.15) is 5.82 Å². The lowest BCUT2D eigenvalue weighted by Gasteiger charge is -2.19. The van der Waals surface area contributed by atoms with Crippen LogP contribution in [-0.2, 0) is 15.9 Å². The number of carbonyl (C=O) groups is 1. The maximum absolute atomic E-state index is 12.8. The van der Waals surface area contributed by atoms with E-state index in [9.17, 15) is 4.79 Å². The first kappa shape index (κ1) is 17.9. The molecule has 2 aromatic rings. The van der Waals surface area contributed by atoms with E-state index in [0.717, 1.165) is 37.5 Å². The van der Waals surface area contributed by atoms with Crippen molar-refractivity contribution in [3.63, 3.8) is 0 Å². The van der Waals surface area contributed by atoms with Crippen LogP contribution in [0.15, 0.2) is 42.6 Å². The van der Waals surface area contributed by atoms with Crippen molar-refractivity contribution in [3.8, 4) is 0 Å². The molecule has 0 saturated carbocycles. The van der Waals surface area contributed by atoms with Crippen molar-refractivity contribution in [2.75, 3.05) is 36.6 Å². The first-order valence-electron chi connectivity index (χ1n) is 9.52. The van der Waals surface area contributed by atoms with E-state index in [1.807, 2.05) is 35.2 Å². The lowest BCUT2D eigenvalue weighted by Crippen LogP contribution is -2.29. The van der Waals surface area contributed by atoms with Crippen LogP contribution in [0.4, 0.5) is 11.5 Å². The zero-order valence-electron chi connectivity index (χ0n) is 15.6. The van der Waals surface area contributed by atoms with Gasteiger partial charge in [0.05, 0.1) is 24.9 Å². The largest absolute Gasteiger partial charge is 0.379 e. The van der Waals surface area contributed by atoms with E-state index in [0.29, 0.717) is 18.8 Å². The third kappa shape index (κ3) is 4.12. The smallest absolute Gasteiger partial charge is 0.259 e. The molecule has 27 heavy (non-hydrogen) atoms. The molecule has 1 amide bonds. The van der Waals surface area contributed by atoms with Crippen molar-refractivity contribution in [1.29, 1.82) is 0 Å². The molecule has 0 radical (unpaired) electrons. The zero-order chi connectivity index (χ0) is 18.6. The molecule has 0 spiro atoms. The highest BCUT2D eigenvalue weighted by Crippen LogP contribution is 2.28. The average Bonchev–Trinajstić information content (AvgIpc) is 3.36. The summed E-state index contributed by atoms with van der Waals surface area (Å²) in [7, 11) is 0. The van der Waals surface area contributed by atoms with Gasteiger partial charge in [-0.2, -0.15) is 0 Å². The lowest BCUT2D eigenvalue weighted by molar-refractivity contribution is 0.0395. The molecule has 2 atom stereocenters. The van der Waals surface area contributed by atoms with Gasteiger partial charge >= 0.3 is 0 Å². The molecule has 3 heterocycles. The van der Waals surface area contributed by atoms with Crippen molar-refractivity contribution >= 4 is 17.4 Å². The molecule has 1 aromatic heterocycles. The minimum absolute atomic E-state index is 0.00313. The fourth-order valence-corrected chi connectivity index (χ4v) is 3.53. The Bertz CT molecular complexity index is 788. The van der Waals surface area contributed by atoms with Gasteiger partial charge in [-0.05, 0) is 43.5 Å². The van der Waals surface area contributed by atoms with Crippen molar-refractivity contribution in [3.05, 3.63) is 53.7 Å². The van der Waals surface area contributed by atoms with Crippen LogP contribution in [0, 0.1) is 0 Å². The highest BCUT2D eigenvalue weighted by molar-refractivity contribution is 6.07. The number of rotatable bonds is 6. The van der Waals surface area contributed by atoms with E-state index in [4.69, 9.17) is 9.47 Å². The number of para-hydroxylation sites is 1. The second-order valence-corrected chi connectivity index (χ2v) is 7.13. The van der Waals surface area contributed by atoms with Gasteiger partial charge in [0.15, 0.2) is 0 Å². The molecule has 142 valence electrons. The summed E-state index contributed by atoms with van der Waals surface area (Å²) in [6.07, 6.45) is 3.70. The molecule has 6 nitrogen and oxygen atoms in total. The minimum atomic E-state index is -0.00313. The van der Waals surface area contributed by atoms with Crippen molar-refractivity contribution < 1.29 is 14.3 Å². The predicted molar refractivity (Wildman–Crippen MR) is 104 cm³/mol. The molecule has 0 bridgehead atoms. The summed E-state index contributed by atoms with van der Waals surface area (Å²) in [5.74, 6) is 0.740. The Morgan fingerprint density at radius 1 is 1.37 bits per heavy atom.